The number of fused-ring (bicyclic) bond motifs is 6. The van der Waals surface area contributed by atoms with E-state index in [0.29, 0.717) is 5.58 Å². The molecular weight excluding hydrogens is 264 g/mol. The molecule has 0 radical (unpaired) electrons. The highest BCUT2D eigenvalue weighted by atomic mass is 16.5. The van der Waals surface area contributed by atoms with Gasteiger partial charge >= 0.3 is 5.63 Å². The lowest BCUT2D eigenvalue weighted by Gasteiger charge is -2.29. The number of benzene rings is 2. The van der Waals surface area contributed by atoms with E-state index in [-0.39, 0.29) is 11.2 Å². The summed E-state index contributed by atoms with van der Waals surface area (Å²) in [4.78, 5) is 11.6. The molecule has 0 fully saturated rings. The fourth-order valence-corrected chi connectivity index (χ4v) is 2.84. The zero-order valence-corrected chi connectivity index (χ0v) is 11.8. The number of rotatable bonds is 0. The van der Waals surface area contributed by atoms with Gasteiger partial charge in [-0.1, -0.05) is 24.3 Å². The van der Waals surface area contributed by atoms with Gasteiger partial charge in [-0.05, 0) is 37.5 Å². The maximum atomic E-state index is 11.6. The molecule has 104 valence electrons. The summed E-state index contributed by atoms with van der Waals surface area (Å²) in [7, 11) is 0. The van der Waals surface area contributed by atoms with Crippen LogP contribution in [0.4, 0.5) is 0 Å². The third-order valence-corrected chi connectivity index (χ3v) is 3.80. The van der Waals surface area contributed by atoms with E-state index in [1.54, 1.807) is 0 Å². The van der Waals surface area contributed by atoms with Gasteiger partial charge < -0.3 is 9.15 Å². The summed E-state index contributed by atoms with van der Waals surface area (Å²) < 4.78 is 11.6. The molecule has 0 amide bonds. The van der Waals surface area contributed by atoms with Crippen molar-refractivity contribution in [3.8, 4) is 5.75 Å². The van der Waals surface area contributed by atoms with Gasteiger partial charge in [0, 0.05) is 16.8 Å². The van der Waals surface area contributed by atoms with Gasteiger partial charge in [0.25, 0.3) is 0 Å². The second-order valence-electron chi connectivity index (χ2n) is 5.82. The Hall–Kier alpha value is -2.55. The quantitative estimate of drug-likeness (QED) is 0.458. The zero-order chi connectivity index (χ0) is 14.6. The van der Waals surface area contributed by atoms with E-state index < -0.39 is 0 Å². The normalized spacial score (nSPS) is 15.9. The average molecular weight is 278 g/mol. The van der Waals surface area contributed by atoms with Crippen molar-refractivity contribution >= 4 is 27.8 Å². The fourth-order valence-electron chi connectivity index (χ4n) is 2.84. The van der Waals surface area contributed by atoms with Crippen molar-refractivity contribution in [2.24, 2.45) is 0 Å². The van der Waals surface area contributed by atoms with Crippen LogP contribution in [0.5, 0.6) is 5.75 Å². The first-order valence-corrected chi connectivity index (χ1v) is 6.92. The van der Waals surface area contributed by atoms with Crippen LogP contribution >= 0.6 is 0 Å². The molecule has 0 aliphatic carbocycles. The Labute approximate surface area is 121 Å². The minimum Gasteiger partial charge on any atom is -0.482 e. The monoisotopic (exact) mass is 278 g/mol. The van der Waals surface area contributed by atoms with E-state index in [2.05, 4.69) is 0 Å². The van der Waals surface area contributed by atoms with Crippen molar-refractivity contribution in [1.29, 1.82) is 0 Å². The molecule has 1 aliphatic heterocycles. The number of hydrogen-bond donors (Lipinski definition) is 0. The van der Waals surface area contributed by atoms with Crippen molar-refractivity contribution in [3.63, 3.8) is 0 Å². The van der Waals surface area contributed by atoms with E-state index in [1.165, 1.54) is 6.07 Å². The molecule has 0 saturated heterocycles. The minimum absolute atomic E-state index is 0.349. The van der Waals surface area contributed by atoms with Crippen LogP contribution in [0.1, 0.15) is 19.4 Å². The predicted molar refractivity (Wildman–Crippen MR) is 83.7 cm³/mol. The Kier molecular flexibility index (Phi) is 2.31. The van der Waals surface area contributed by atoms with Crippen molar-refractivity contribution in [2.45, 2.75) is 19.4 Å². The molecule has 3 nitrogen and oxygen atoms in total. The molecule has 0 atom stereocenters. The molecule has 0 unspecified atom stereocenters. The van der Waals surface area contributed by atoms with Crippen LogP contribution in [0.3, 0.4) is 0 Å². The maximum absolute atomic E-state index is 11.6. The molecule has 1 aliphatic rings. The molecule has 0 spiro atoms. The standard InChI is InChI=1S/C18H14O3/c1-18(2)10-9-14-16-13(7-8-15(19)20-16)11-5-3-4-6-12(11)17(14)21-18/h3-10H,1-2H3. The lowest BCUT2D eigenvalue weighted by Crippen LogP contribution is -2.27. The van der Waals surface area contributed by atoms with Gasteiger partial charge in [0.1, 0.15) is 16.9 Å². The smallest absolute Gasteiger partial charge is 0.336 e. The SMILES string of the molecule is CC1(C)C=Cc2c(c3ccccc3c3ccc(=O)oc23)O1. The van der Waals surface area contributed by atoms with Crippen LogP contribution in [0, 0.1) is 0 Å². The molecule has 2 aromatic carbocycles. The van der Waals surface area contributed by atoms with Gasteiger partial charge in [-0.15, -0.1) is 0 Å². The van der Waals surface area contributed by atoms with Gasteiger partial charge in [-0.2, -0.15) is 0 Å². The molecular formula is C18H14O3. The molecule has 21 heavy (non-hydrogen) atoms. The van der Waals surface area contributed by atoms with Crippen molar-refractivity contribution in [1.82, 2.24) is 0 Å². The lowest BCUT2D eigenvalue weighted by atomic mass is 9.95. The average Bonchev–Trinajstić information content (AvgIpc) is 2.46. The second-order valence-corrected chi connectivity index (χ2v) is 5.82. The van der Waals surface area contributed by atoms with Crippen molar-refractivity contribution in [3.05, 3.63) is 58.5 Å². The fraction of sp³-hybridized carbons (Fsp3) is 0.167. The molecule has 3 aromatic rings. The van der Waals surface area contributed by atoms with Crippen LogP contribution in [0.15, 0.2) is 51.7 Å². The third-order valence-electron chi connectivity index (χ3n) is 3.80. The number of hydrogen-bond acceptors (Lipinski definition) is 3. The highest BCUT2D eigenvalue weighted by molar-refractivity contribution is 6.12. The Balaban J connectivity index is 2.26. The van der Waals surface area contributed by atoms with E-state index in [0.717, 1.165) is 27.5 Å². The summed E-state index contributed by atoms with van der Waals surface area (Å²) in [5, 5.41) is 2.99. The Morgan fingerprint density at radius 2 is 1.71 bits per heavy atom. The van der Waals surface area contributed by atoms with Gasteiger partial charge in [0.15, 0.2) is 0 Å². The largest absolute Gasteiger partial charge is 0.482 e. The van der Waals surface area contributed by atoms with Crippen LogP contribution in [-0.4, -0.2) is 5.60 Å². The Morgan fingerprint density at radius 1 is 0.952 bits per heavy atom. The summed E-state index contributed by atoms with van der Waals surface area (Å²) in [5.74, 6) is 0.778. The van der Waals surface area contributed by atoms with Crippen molar-refractivity contribution in [2.75, 3.05) is 0 Å². The van der Waals surface area contributed by atoms with Crippen LogP contribution in [0.2, 0.25) is 0 Å². The van der Waals surface area contributed by atoms with E-state index in [9.17, 15) is 4.79 Å². The third kappa shape index (κ3) is 1.77. The molecule has 0 N–H and O–H groups in total. The molecule has 1 aromatic heterocycles. The van der Waals surface area contributed by atoms with Gasteiger partial charge in [-0.3, -0.25) is 0 Å². The first-order chi connectivity index (χ1) is 10.1. The first-order valence-electron chi connectivity index (χ1n) is 6.92. The summed E-state index contributed by atoms with van der Waals surface area (Å²) in [5.41, 5.74) is 0.695. The molecule has 2 heterocycles. The van der Waals surface area contributed by atoms with Crippen LogP contribution < -0.4 is 10.4 Å². The molecule has 3 heteroatoms. The molecule has 0 bridgehead atoms. The van der Waals surface area contributed by atoms with E-state index in [1.807, 2.05) is 56.3 Å². The summed E-state index contributed by atoms with van der Waals surface area (Å²) in [6.07, 6.45) is 3.97. The van der Waals surface area contributed by atoms with Gasteiger partial charge in [0.05, 0.1) is 5.56 Å². The topological polar surface area (TPSA) is 39.4 Å². The van der Waals surface area contributed by atoms with Gasteiger partial charge in [0.2, 0.25) is 0 Å². The van der Waals surface area contributed by atoms with Crippen LogP contribution in [0.25, 0.3) is 27.8 Å². The second kappa shape index (κ2) is 3.98. The molecule has 0 saturated carbocycles. The zero-order valence-electron chi connectivity index (χ0n) is 11.8. The first kappa shape index (κ1) is 12.2. The lowest BCUT2D eigenvalue weighted by molar-refractivity contribution is 0.161. The minimum atomic E-state index is -0.376. The van der Waals surface area contributed by atoms with E-state index in [4.69, 9.17) is 9.15 Å². The summed E-state index contributed by atoms with van der Waals surface area (Å²) in [6, 6.07) is 11.3. The highest BCUT2D eigenvalue weighted by Gasteiger charge is 2.26. The predicted octanol–water partition coefficient (Wildman–Crippen LogP) is 4.13. The van der Waals surface area contributed by atoms with Crippen molar-refractivity contribution < 1.29 is 9.15 Å². The Morgan fingerprint density at radius 3 is 2.52 bits per heavy atom. The maximum Gasteiger partial charge on any atom is 0.336 e. The number of ether oxygens (including phenoxy) is 1. The Bertz CT molecular complexity index is 961. The summed E-state index contributed by atoms with van der Waals surface area (Å²) in [6.45, 7) is 4.01. The molecule has 4 rings (SSSR count). The van der Waals surface area contributed by atoms with E-state index >= 15 is 0 Å². The van der Waals surface area contributed by atoms with Gasteiger partial charge in [-0.25, -0.2) is 4.79 Å². The van der Waals surface area contributed by atoms with Crippen LogP contribution in [-0.2, 0) is 0 Å². The summed E-state index contributed by atoms with van der Waals surface area (Å²) >= 11 is 0. The highest BCUT2D eigenvalue weighted by Crippen LogP contribution is 2.42.